The molecule has 0 radical (unpaired) electrons. The van der Waals surface area contributed by atoms with Gasteiger partial charge in [-0.2, -0.15) is 0 Å². The highest BCUT2D eigenvalue weighted by molar-refractivity contribution is 5.83. The third kappa shape index (κ3) is 13.9. The smallest absolute Gasteiger partial charge is 0.326 e. The molecule has 2 N–H and O–H groups in total. The minimum absolute atomic E-state index is 0.0398. The van der Waals surface area contributed by atoms with Gasteiger partial charge in [0.1, 0.15) is 6.04 Å². The average molecular weight is 356 g/mol. The topological polar surface area (TPSA) is 66.4 Å². The molecule has 0 fully saturated rings. The molecule has 0 bridgehead atoms. The number of rotatable bonds is 16. The van der Waals surface area contributed by atoms with E-state index in [1.165, 1.54) is 51.4 Å². The van der Waals surface area contributed by atoms with Gasteiger partial charge in [-0.3, -0.25) is 4.79 Å². The van der Waals surface area contributed by atoms with E-state index in [4.69, 9.17) is 0 Å². The molecular weight excluding hydrogens is 314 g/mol. The van der Waals surface area contributed by atoms with Gasteiger partial charge in [0.15, 0.2) is 0 Å². The molecule has 0 aliphatic rings. The zero-order valence-corrected chi connectivity index (χ0v) is 17.0. The first-order chi connectivity index (χ1) is 11.9. The van der Waals surface area contributed by atoms with E-state index in [0.29, 0.717) is 6.42 Å². The summed E-state index contributed by atoms with van der Waals surface area (Å²) in [4.78, 5) is 23.1. The van der Waals surface area contributed by atoms with E-state index in [-0.39, 0.29) is 11.8 Å². The van der Waals surface area contributed by atoms with E-state index in [2.05, 4.69) is 19.2 Å². The second-order valence-corrected chi connectivity index (χ2v) is 7.88. The van der Waals surface area contributed by atoms with E-state index in [1.54, 1.807) is 0 Å². The summed E-state index contributed by atoms with van der Waals surface area (Å²) >= 11 is 0. The van der Waals surface area contributed by atoms with Crippen molar-refractivity contribution in [1.29, 1.82) is 0 Å². The summed E-state index contributed by atoms with van der Waals surface area (Å²) in [5.41, 5.74) is 0. The molecule has 4 nitrogen and oxygen atoms in total. The SMILES string of the molecule is CCC(C)C(NC(=O)CCCCCCCCCCCC(C)C)C(=O)O. The van der Waals surface area contributed by atoms with Crippen LogP contribution in [0.4, 0.5) is 0 Å². The van der Waals surface area contributed by atoms with Gasteiger partial charge in [0, 0.05) is 6.42 Å². The van der Waals surface area contributed by atoms with E-state index in [1.807, 2.05) is 13.8 Å². The van der Waals surface area contributed by atoms with Gasteiger partial charge < -0.3 is 10.4 Å². The molecule has 4 heteroatoms. The molecule has 2 atom stereocenters. The Kier molecular flexibility index (Phi) is 14.6. The number of hydrogen-bond donors (Lipinski definition) is 2. The predicted octanol–water partition coefficient (Wildman–Crippen LogP) is 5.55. The van der Waals surface area contributed by atoms with Crippen molar-refractivity contribution < 1.29 is 14.7 Å². The molecule has 148 valence electrons. The minimum atomic E-state index is -0.934. The van der Waals surface area contributed by atoms with Crippen molar-refractivity contribution >= 4 is 11.9 Å². The van der Waals surface area contributed by atoms with Gasteiger partial charge in [0.05, 0.1) is 0 Å². The third-order valence-corrected chi connectivity index (χ3v) is 4.98. The molecule has 0 aromatic carbocycles. The van der Waals surface area contributed by atoms with Crippen LogP contribution < -0.4 is 5.32 Å². The summed E-state index contributed by atoms with van der Waals surface area (Å²) in [5.74, 6) is -0.274. The van der Waals surface area contributed by atoms with Crippen molar-refractivity contribution in [3.05, 3.63) is 0 Å². The highest BCUT2D eigenvalue weighted by atomic mass is 16.4. The maximum absolute atomic E-state index is 11.9. The lowest BCUT2D eigenvalue weighted by Crippen LogP contribution is -2.44. The molecule has 0 aliphatic heterocycles. The van der Waals surface area contributed by atoms with Crippen LogP contribution in [0.2, 0.25) is 0 Å². The number of amides is 1. The Hall–Kier alpha value is -1.06. The average Bonchev–Trinajstić information content (AvgIpc) is 2.56. The molecule has 0 aromatic rings. The van der Waals surface area contributed by atoms with E-state index in [9.17, 15) is 14.7 Å². The molecule has 0 rings (SSSR count). The fraction of sp³-hybridized carbons (Fsp3) is 0.905. The van der Waals surface area contributed by atoms with Crippen LogP contribution in [0.1, 0.15) is 105 Å². The Morgan fingerprint density at radius 3 is 1.76 bits per heavy atom. The largest absolute Gasteiger partial charge is 0.480 e. The van der Waals surface area contributed by atoms with Gasteiger partial charge in [0.25, 0.3) is 0 Å². The molecule has 1 amide bonds. The number of unbranched alkanes of at least 4 members (excludes halogenated alkanes) is 8. The zero-order chi connectivity index (χ0) is 19.1. The quantitative estimate of drug-likeness (QED) is 0.357. The van der Waals surface area contributed by atoms with Crippen LogP contribution in [0, 0.1) is 11.8 Å². The summed E-state index contributed by atoms with van der Waals surface area (Å²) in [6.45, 7) is 8.37. The Balaban J connectivity index is 3.55. The summed E-state index contributed by atoms with van der Waals surface area (Å²) in [5, 5.41) is 11.8. The summed E-state index contributed by atoms with van der Waals surface area (Å²) in [6.07, 6.45) is 13.6. The molecule has 0 aromatic heterocycles. The zero-order valence-electron chi connectivity index (χ0n) is 17.0. The molecule has 0 saturated heterocycles. The van der Waals surface area contributed by atoms with Crippen LogP contribution in [0.5, 0.6) is 0 Å². The number of carboxylic acid groups (broad SMARTS) is 1. The number of nitrogens with one attached hydrogen (secondary N) is 1. The highest BCUT2D eigenvalue weighted by Gasteiger charge is 2.24. The van der Waals surface area contributed by atoms with Crippen molar-refractivity contribution in [3.8, 4) is 0 Å². The van der Waals surface area contributed by atoms with Crippen molar-refractivity contribution in [2.75, 3.05) is 0 Å². The van der Waals surface area contributed by atoms with Gasteiger partial charge in [-0.05, 0) is 18.3 Å². The van der Waals surface area contributed by atoms with Crippen molar-refractivity contribution in [2.24, 2.45) is 11.8 Å². The van der Waals surface area contributed by atoms with Crippen LogP contribution in [0.15, 0.2) is 0 Å². The Bertz CT molecular complexity index is 355. The Labute approximate surface area is 155 Å². The van der Waals surface area contributed by atoms with Crippen LogP contribution >= 0.6 is 0 Å². The normalized spacial score (nSPS) is 13.6. The van der Waals surface area contributed by atoms with Crippen molar-refractivity contribution in [2.45, 2.75) is 111 Å². The number of hydrogen-bond acceptors (Lipinski definition) is 2. The van der Waals surface area contributed by atoms with Gasteiger partial charge >= 0.3 is 5.97 Å². The molecular formula is C21H41NO3. The lowest BCUT2D eigenvalue weighted by Gasteiger charge is -2.20. The van der Waals surface area contributed by atoms with Crippen molar-refractivity contribution in [3.63, 3.8) is 0 Å². The minimum Gasteiger partial charge on any atom is -0.480 e. The first-order valence-electron chi connectivity index (χ1n) is 10.4. The summed E-state index contributed by atoms with van der Waals surface area (Å²) < 4.78 is 0. The van der Waals surface area contributed by atoms with Gasteiger partial charge in [-0.1, -0.05) is 91.9 Å². The lowest BCUT2D eigenvalue weighted by atomic mass is 9.99. The number of carboxylic acids is 1. The van der Waals surface area contributed by atoms with Crippen LogP contribution in [0.25, 0.3) is 0 Å². The van der Waals surface area contributed by atoms with Gasteiger partial charge in [0.2, 0.25) is 5.91 Å². The Morgan fingerprint density at radius 1 is 0.840 bits per heavy atom. The molecule has 0 heterocycles. The first-order valence-corrected chi connectivity index (χ1v) is 10.4. The lowest BCUT2D eigenvalue weighted by molar-refractivity contribution is -0.143. The molecule has 0 aliphatic carbocycles. The van der Waals surface area contributed by atoms with E-state index >= 15 is 0 Å². The van der Waals surface area contributed by atoms with Gasteiger partial charge in [-0.15, -0.1) is 0 Å². The standard InChI is InChI=1S/C21H41NO3/c1-5-18(4)20(21(24)25)22-19(23)16-14-12-10-8-6-7-9-11-13-15-17(2)3/h17-18,20H,5-16H2,1-4H3,(H,22,23)(H,24,25). The summed E-state index contributed by atoms with van der Waals surface area (Å²) in [7, 11) is 0. The van der Waals surface area contributed by atoms with Crippen molar-refractivity contribution in [1.82, 2.24) is 5.32 Å². The molecule has 0 saturated carbocycles. The Morgan fingerprint density at radius 2 is 1.32 bits per heavy atom. The van der Waals surface area contributed by atoms with Crippen LogP contribution in [-0.4, -0.2) is 23.0 Å². The third-order valence-electron chi connectivity index (χ3n) is 4.98. The maximum atomic E-state index is 11.9. The van der Waals surface area contributed by atoms with Gasteiger partial charge in [-0.25, -0.2) is 4.79 Å². The highest BCUT2D eigenvalue weighted by Crippen LogP contribution is 2.14. The second-order valence-electron chi connectivity index (χ2n) is 7.88. The van der Waals surface area contributed by atoms with E-state index in [0.717, 1.165) is 25.2 Å². The molecule has 25 heavy (non-hydrogen) atoms. The first kappa shape index (κ1) is 23.9. The molecule has 2 unspecified atom stereocenters. The maximum Gasteiger partial charge on any atom is 0.326 e. The second kappa shape index (κ2) is 15.2. The predicted molar refractivity (Wildman–Crippen MR) is 105 cm³/mol. The number of carbonyl (C=O) groups is 2. The molecule has 0 spiro atoms. The van der Waals surface area contributed by atoms with E-state index < -0.39 is 12.0 Å². The van der Waals surface area contributed by atoms with Crippen LogP contribution in [-0.2, 0) is 9.59 Å². The number of carbonyl (C=O) groups excluding carboxylic acids is 1. The monoisotopic (exact) mass is 355 g/mol. The fourth-order valence-electron chi connectivity index (χ4n) is 3.00. The number of aliphatic carboxylic acids is 1. The van der Waals surface area contributed by atoms with Crippen LogP contribution in [0.3, 0.4) is 0 Å². The summed E-state index contributed by atoms with van der Waals surface area (Å²) in [6, 6.07) is -0.756. The fourth-order valence-corrected chi connectivity index (χ4v) is 3.00.